The smallest absolute Gasteiger partial charge is 0.220 e. The molecule has 3 nitrogen and oxygen atoms in total. The third-order valence-electron chi connectivity index (χ3n) is 4.69. The quantitative estimate of drug-likeness (QED) is 0.695. The molecule has 0 bridgehead atoms. The van der Waals surface area contributed by atoms with Gasteiger partial charge < -0.3 is 10.1 Å². The Balaban J connectivity index is 1.32. The van der Waals surface area contributed by atoms with Crippen molar-refractivity contribution in [1.29, 1.82) is 0 Å². The van der Waals surface area contributed by atoms with E-state index in [1.807, 2.05) is 5.38 Å². The van der Waals surface area contributed by atoms with E-state index in [-0.39, 0.29) is 5.91 Å². The highest BCUT2D eigenvalue weighted by molar-refractivity contribution is 7.07. The lowest BCUT2D eigenvalue weighted by Gasteiger charge is -2.08. The Kier molecular flexibility index (Phi) is 5.02. The molecule has 0 unspecified atom stereocenters. The average molecular weight is 363 g/mol. The summed E-state index contributed by atoms with van der Waals surface area (Å²) in [6.45, 7) is 1.35. The maximum absolute atomic E-state index is 12.0. The number of hydrogen-bond acceptors (Lipinski definition) is 3. The SMILES string of the molecule is O=C(CCc1ccsc1)NCc1ccc(-c2ccc3c(c2)CCO3)cc1. The first-order chi connectivity index (χ1) is 12.8. The first kappa shape index (κ1) is 16.9. The van der Waals surface area contributed by atoms with Gasteiger partial charge in [-0.1, -0.05) is 30.3 Å². The zero-order chi connectivity index (χ0) is 17.8. The number of ether oxygens (including phenoxy) is 1. The summed E-state index contributed by atoms with van der Waals surface area (Å²) in [6, 6.07) is 16.8. The molecule has 0 saturated carbocycles. The molecule has 0 aliphatic carbocycles. The summed E-state index contributed by atoms with van der Waals surface area (Å²) < 4.78 is 5.57. The highest BCUT2D eigenvalue weighted by Crippen LogP contribution is 2.30. The highest BCUT2D eigenvalue weighted by atomic mass is 32.1. The van der Waals surface area contributed by atoms with Crippen LogP contribution in [0.2, 0.25) is 0 Å². The minimum atomic E-state index is 0.0962. The Morgan fingerprint density at radius 2 is 1.88 bits per heavy atom. The van der Waals surface area contributed by atoms with Crippen molar-refractivity contribution in [2.24, 2.45) is 0 Å². The van der Waals surface area contributed by atoms with E-state index in [2.05, 4.69) is 59.2 Å². The molecule has 1 aliphatic heterocycles. The molecule has 4 rings (SSSR count). The summed E-state index contributed by atoms with van der Waals surface area (Å²) in [5.74, 6) is 1.11. The lowest BCUT2D eigenvalue weighted by Crippen LogP contribution is -2.22. The third-order valence-corrected chi connectivity index (χ3v) is 5.42. The van der Waals surface area contributed by atoms with Gasteiger partial charge in [-0.3, -0.25) is 4.79 Å². The van der Waals surface area contributed by atoms with Crippen molar-refractivity contribution in [2.45, 2.75) is 25.8 Å². The molecule has 1 aliphatic rings. The van der Waals surface area contributed by atoms with Crippen molar-refractivity contribution < 1.29 is 9.53 Å². The molecule has 4 heteroatoms. The largest absolute Gasteiger partial charge is 0.493 e. The van der Waals surface area contributed by atoms with Gasteiger partial charge in [0.15, 0.2) is 0 Å². The first-order valence-corrected chi connectivity index (χ1v) is 9.85. The van der Waals surface area contributed by atoms with E-state index in [0.29, 0.717) is 13.0 Å². The van der Waals surface area contributed by atoms with Gasteiger partial charge in [0.25, 0.3) is 0 Å². The number of nitrogens with one attached hydrogen (secondary N) is 1. The second kappa shape index (κ2) is 7.75. The van der Waals surface area contributed by atoms with Crippen LogP contribution in [0.1, 0.15) is 23.1 Å². The lowest BCUT2D eigenvalue weighted by molar-refractivity contribution is -0.121. The van der Waals surface area contributed by atoms with Crippen LogP contribution in [0, 0.1) is 0 Å². The number of hydrogen-bond donors (Lipinski definition) is 1. The van der Waals surface area contributed by atoms with Gasteiger partial charge in [-0.2, -0.15) is 11.3 Å². The van der Waals surface area contributed by atoms with Crippen molar-refractivity contribution in [3.05, 3.63) is 76.0 Å². The van der Waals surface area contributed by atoms with E-state index in [9.17, 15) is 4.79 Å². The number of fused-ring (bicyclic) bond motifs is 1. The Hall–Kier alpha value is -2.59. The van der Waals surface area contributed by atoms with E-state index in [4.69, 9.17) is 4.74 Å². The molecule has 2 heterocycles. The molecule has 1 aromatic heterocycles. The number of amides is 1. The number of carbonyl (C=O) groups excluding carboxylic acids is 1. The molecule has 0 saturated heterocycles. The zero-order valence-electron chi connectivity index (χ0n) is 14.5. The van der Waals surface area contributed by atoms with Gasteiger partial charge in [-0.15, -0.1) is 0 Å². The molecular formula is C22H21NO2S. The standard InChI is InChI=1S/C22H21NO2S/c24-22(8-3-17-10-12-26-15-17)23-14-16-1-4-18(5-2-16)19-6-7-21-20(13-19)9-11-25-21/h1-2,4-7,10,12-13,15H,3,8-9,11,14H2,(H,23,24). The predicted molar refractivity (Wildman–Crippen MR) is 106 cm³/mol. The molecule has 2 aromatic carbocycles. The zero-order valence-corrected chi connectivity index (χ0v) is 15.4. The van der Waals surface area contributed by atoms with Crippen LogP contribution >= 0.6 is 11.3 Å². The summed E-state index contributed by atoms with van der Waals surface area (Å²) in [4.78, 5) is 12.0. The van der Waals surface area contributed by atoms with Crippen molar-refractivity contribution in [3.63, 3.8) is 0 Å². The Morgan fingerprint density at radius 1 is 1.04 bits per heavy atom. The van der Waals surface area contributed by atoms with Gasteiger partial charge in [0.1, 0.15) is 5.75 Å². The van der Waals surface area contributed by atoms with Crippen molar-refractivity contribution in [3.8, 4) is 16.9 Å². The first-order valence-electron chi connectivity index (χ1n) is 8.91. The van der Waals surface area contributed by atoms with Gasteiger partial charge in [0, 0.05) is 19.4 Å². The number of thiophene rings is 1. The number of benzene rings is 2. The van der Waals surface area contributed by atoms with E-state index in [1.54, 1.807) is 11.3 Å². The predicted octanol–water partition coefficient (Wildman–Crippen LogP) is 4.60. The van der Waals surface area contributed by atoms with Gasteiger partial charge in [0.05, 0.1) is 6.61 Å². The lowest BCUT2D eigenvalue weighted by atomic mass is 10.0. The fraction of sp³-hybridized carbons (Fsp3) is 0.227. The monoisotopic (exact) mass is 363 g/mol. The molecule has 0 atom stereocenters. The third kappa shape index (κ3) is 3.97. The van der Waals surface area contributed by atoms with E-state index in [1.165, 1.54) is 22.3 Å². The fourth-order valence-corrected chi connectivity index (χ4v) is 3.87. The molecule has 3 aromatic rings. The van der Waals surface area contributed by atoms with Crippen LogP contribution < -0.4 is 10.1 Å². The van der Waals surface area contributed by atoms with Gasteiger partial charge >= 0.3 is 0 Å². The highest BCUT2D eigenvalue weighted by Gasteiger charge is 2.12. The molecule has 1 N–H and O–H groups in total. The summed E-state index contributed by atoms with van der Waals surface area (Å²) in [7, 11) is 0. The number of aryl methyl sites for hydroxylation is 1. The van der Waals surface area contributed by atoms with Crippen LogP contribution in [0.5, 0.6) is 5.75 Å². The van der Waals surface area contributed by atoms with Gasteiger partial charge in [-0.05, 0) is 63.2 Å². The van der Waals surface area contributed by atoms with Crippen LogP contribution in [0.3, 0.4) is 0 Å². The fourth-order valence-electron chi connectivity index (χ4n) is 3.16. The van der Waals surface area contributed by atoms with Crippen LogP contribution in [-0.4, -0.2) is 12.5 Å². The Labute approximate surface area is 157 Å². The van der Waals surface area contributed by atoms with Gasteiger partial charge in [-0.25, -0.2) is 0 Å². The summed E-state index contributed by atoms with van der Waals surface area (Å²) >= 11 is 1.67. The Morgan fingerprint density at radius 3 is 2.69 bits per heavy atom. The number of carbonyl (C=O) groups is 1. The molecular weight excluding hydrogens is 342 g/mol. The van der Waals surface area contributed by atoms with Crippen molar-refractivity contribution >= 4 is 17.2 Å². The maximum Gasteiger partial charge on any atom is 0.220 e. The van der Waals surface area contributed by atoms with Crippen LogP contribution in [0.15, 0.2) is 59.3 Å². The molecule has 0 fully saturated rings. The maximum atomic E-state index is 12.0. The second-order valence-electron chi connectivity index (χ2n) is 6.53. The normalized spacial score (nSPS) is 12.5. The summed E-state index contributed by atoms with van der Waals surface area (Å²) in [5, 5.41) is 7.14. The minimum absolute atomic E-state index is 0.0962. The molecule has 26 heavy (non-hydrogen) atoms. The molecule has 0 spiro atoms. The summed E-state index contributed by atoms with van der Waals surface area (Å²) in [5.41, 5.74) is 6.02. The topological polar surface area (TPSA) is 38.3 Å². The molecule has 132 valence electrons. The van der Waals surface area contributed by atoms with Crippen LogP contribution in [-0.2, 0) is 24.2 Å². The van der Waals surface area contributed by atoms with Crippen LogP contribution in [0.25, 0.3) is 11.1 Å². The molecule has 1 amide bonds. The van der Waals surface area contributed by atoms with E-state index < -0.39 is 0 Å². The summed E-state index contributed by atoms with van der Waals surface area (Å²) in [6.07, 6.45) is 2.32. The minimum Gasteiger partial charge on any atom is -0.493 e. The van der Waals surface area contributed by atoms with E-state index in [0.717, 1.165) is 30.8 Å². The second-order valence-corrected chi connectivity index (χ2v) is 7.31. The average Bonchev–Trinajstić information content (AvgIpc) is 3.36. The Bertz CT molecular complexity index is 885. The molecule has 0 radical (unpaired) electrons. The van der Waals surface area contributed by atoms with E-state index >= 15 is 0 Å². The number of rotatable bonds is 6. The van der Waals surface area contributed by atoms with Crippen LogP contribution in [0.4, 0.5) is 0 Å². The van der Waals surface area contributed by atoms with Gasteiger partial charge in [0.2, 0.25) is 5.91 Å². The van der Waals surface area contributed by atoms with Crippen molar-refractivity contribution in [2.75, 3.05) is 6.61 Å². The van der Waals surface area contributed by atoms with Crippen molar-refractivity contribution in [1.82, 2.24) is 5.32 Å².